The summed E-state index contributed by atoms with van der Waals surface area (Å²) in [7, 11) is 0. The molecule has 0 unspecified atom stereocenters. The lowest BCUT2D eigenvalue weighted by molar-refractivity contribution is -0.138. The summed E-state index contributed by atoms with van der Waals surface area (Å²) in [5, 5.41) is 15.4. The van der Waals surface area contributed by atoms with Crippen LogP contribution in [0.15, 0.2) is 36.5 Å². The van der Waals surface area contributed by atoms with Crippen LogP contribution in [0, 0.1) is 0 Å². The summed E-state index contributed by atoms with van der Waals surface area (Å²) in [6, 6.07) is 9.95. The number of amides is 1. The zero-order valence-electron chi connectivity index (χ0n) is 12.6. The van der Waals surface area contributed by atoms with Gasteiger partial charge in [-0.1, -0.05) is 18.2 Å². The molecule has 23 heavy (non-hydrogen) atoms. The van der Waals surface area contributed by atoms with E-state index in [0.29, 0.717) is 6.54 Å². The Kier molecular flexibility index (Phi) is 4.38. The van der Waals surface area contributed by atoms with E-state index in [1.807, 2.05) is 46.1 Å². The highest BCUT2D eigenvalue weighted by atomic mass is 16.4. The highest BCUT2D eigenvalue weighted by Gasteiger charge is 2.22. The summed E-state index contributed by atoms with van der Waals surface area (Å²) < 4.78 is 1.94. The van der Waals surface area contributed by atoms with Crippen LogP contribution in [0.1, 0.15) is 11.3 Å². The predicted octanol–water partition coefficient (Wildman–Crippen LogP) is 0.431. The van der Waals surface area contributed by atoms with Crippen molar-refractivity contribution in [3.63, 3.8) is 0 Å². The van der Waals surface area contributed by atoms with Gasteiger partial charge in [-0.3, -0.25) is 14.5 Å². The van der Waals surface area contributed by atoms with Crippen LogP contribution in [-0.4, -0.2) is 51.3 Å². The van der Waals surface area contributed by atoms with Gasteiger partial charge in [0, 0.05) is 30.8 Å². The fraction of sp³-hybridized carbons (Fsp3) is 0.312. The first-order valence-electron chi connectivity index (χ1n) is 7.45. The molecule has 1 aliphatic heterocycles. The quantitative estimate of drug-likeness (QED) is 0.836. The first-order valence-corrected chi connectivity index (χ1v) is 7.45. The van der Waals surface area contributed by atoms with Crippen molar-refractivity contribution >= 4 is 11.9 Å². The molecule has 0 aliphatic carbocycles. The van der Waals surface area contributed by atoms with Crippen LogP contribution in [0.3, 0.4) is 0 Å². The summed E-state index contributed by atoms with van der Waals surface area (Å²) in [6.07, 6.45) is 2.64. The van der Waals surface area contributed by atoms with Gasteiger partial charge in [0.05, 0.1) is 18.4 Å². The zero-order chi connectivity index (χ0) is 16.2. The Morgan fingerprint density at radius 2 is 2.04 bits per heavy atom. The molecule has 1 aromatic carbocycles. The summed E-state index contributed by atoms with van der Waals surface area (Å²) in [5.74, 6) is -1.31. The largest absolute Gasteiger partial charge is 0.480 e. The van der Waals surface area contributed by atoms with Crippen LogP contribution in [0.4, 0.5) is 0 Å². The van der Waals surface area contributed by atoms with E-state index in [4.69, 9.17) is 5.11 Å². The van der Waals surface area contributed by atoms with Gasteiger partial charge in [0.25, 0.3) is 0 Å². The molecule has 120 valence electrons. The minimum absolute atomic E-state index is 0.198. The molecular formula is C16H18N4O3. The SMILES string of the molecule is O=C(O)CNC(=O)CN1CCc2c(cnn2-c2ccccc2)C1. The van der Waals surface area contributed by atoms with Crippen LogP contribution in [-0.2, 0) is 22.6 Å². The Balaban J connectivity index is 1.65. The number of carboxylic acid groups (broad SMARTS) is 1. The number of carboxylic acids is 1. The smallest absolute Gasteiger partial charge is 0.322 e. The van der Waals surface area contributed by atoms with Gasteiger partial charge in [0.1, 0.15) is 6.54 Å². The van der Waals surface area contributed by atoms with E-state index in [0.717, 1.165) is 24.2 Å². The number of hydrogen-bond donors (Lipinski definition) is 2. The zero-order valence-corrected chi connectivity index (χ0v) is 12.6. The average Bonchev–Trinajstić information content (AvgIpc) is 2.97. The normalized spacial score (nSPS) is 14.3. The molecule has 2 heterocycles. The molecule has 0 saturated carbocycles. The van der Waals surface area contributed by atoms with Crippen molar-refractivity contribution < 1.29 is 14.7 Å². The third-order valence-electron chi connectivity index (χ3n) is 3.82. The van der Waals surface area contributed by atoms with Gasteiger partial charge in [-0.25, -0.2) is 4.68 Å². The molecule has 0 saturated heterocycles. The van der Waals surface area contributed by atoms with Crippen molar-refractivity contribution in [1.29, 1.82) is 0 Å². The molecule has 7 nitrogen and oxygen atoms in total. The molecular weight excluding hydrogens is 296 g/mol. The topological polar surface area (TPSA) is 87.5 Å². The maximum absolute atomic E-state index is 11.7. The van der Waals surface area contributed by atoms with E-state index in [-0.39, 0.29) is 19.0 Å². The second kappa shape index (κ2) is 6.62. The second-order valence-corrected chi connectivity index (χ2v) is 5.49. The van der Waals surface area contributed by atoms with Crippen LogP contribution >= 0.6 is 0 Å². The monoisotopic (exact) mass is 314 g/mol. The first kappa shape index (κ1) is 15.2. The van der Waals surface area contributed by atoms with E-state index in [2.05, 4.69) is 10.4 Å². The van der Waals surface area contributed by atoms with Gasteiger partial charge in [0.15, 0.2) is 0 Å². The second-order valence-electron chi connectivity index (χ2n) is 5.49. The lowest BCUT2D eigenvalue weighted by Gasteiger charge is -2.26. The number of nitrogens with zero attached hydrogens (tertiary/aromatic N) is 3. The van der Waals surface area contributed by atoms with E-state index in [9.17, 15) is 9.59 Å². The van der Waals surface area contributed by atoms with Gasteiger partial charge in [-0.2, -0.15) is 5.10 Å². The number of nitrogens with one attached hydrogen (secondary N) is 1. The lowest BCUT2D eigenvalue weighted by Crippen LogP contribution is -2.41. The molecule has 0 fully saturated rings. The molecule has 0 radical (unpaired) electrons. The fourth-order valence-corrected chi connectivity index (χ4v) is 2.75. The van der Waals surface area contributed by atoms with Crippen LogP contribution < -0.4 is 5.32 Å². The molecule has 7 heteroatoms. The van der Waals surface area contributed by atoms with Crippen molar-refractivity contribution in [3.8, 4) is 5.69 Å². The lowest BCUT2D eigenvalue weighted by atomic mass is 10.1. The van der Waals surface area contributed by atoms with E-state index in [1.165, 1.54) is 5.69 Å². The van der Waals surface area contributed by atoms with Gasteiger partial charge >= 0.3 is 5.97 Å². The predicted molar refractivity (Wildman–Crippen MR) is 83.2 cm³/mol. The van der Waals surface area contributed by atoms with Gasteiger partial charge in [-0.05, 0) is 12.1 Å². The number of fused-ring (bicyclic) bond motifs is 1. The molecule has 2 N–H and O–H groups in total. The number of para-hydroxylation sites is 1. The molecule has 0 atom stereocenters. The average molecular weight is 314 g/mol. The van der Waals surface area contributed by atoms with Gasteiger partial charge in [-0.15, -0.1) is 0 Å². The summed E-state index contributed by atoms with van der Waals surface area (Å²) >= 11 is 0. The number of rotatable bonds is 5. The Labute approximate surface area is 133 Å². The number of carbonyl (C=O) groups excluding carboxylic acids is 1. The van der Waals surface area contributed by atoms with Gasteiger partial charge in [0.2, 0.25) is 5.91 Å². The van der Waals surface area contributed by atoms with Crippen LogP contribution in [0.25, 0.3) is 5.69 Å². The first-order chi connectivity index (χ1) is 11.1. The van der Waals surface area contributed by atoms with E-state index < -0.39 is 5.97 Å². The summed E-state index contributed by atoms with van der Waals surface area (Å²) in [5.41, 5.74) is 3.30. The molecule has 3 rings (SSSR count). The molecule has 1 aromatic heterocycles. The Bertz CT molecular complexity index is 711. The number of hydrogen-bond acceptors (Lipinski definition) is 4. The summed E-state index contributed by atoms with van der Waals surface area (Å²) in [4.78, 5) is 24.2. The van der Waals surface area contributed by atoms with Crippen LogP contribution in [0.2, 0.25) is 0 Å². The number of carbonyl (C=O) groups is 2. The Morgan fingerprint density at radius 3 is 2.78 bits per heavy atom. The molecule has 0 bridgehead atoms. The molecule has 2 aromatic rings. The van der Waals surface area contributed by atoms with E-state index >= 15 is 0 Å². The maximum Gasteiger partial charge on any atom is 0.322 e. The number of aliphatic carboxylic acids is 1. The third-order valence-corrected chi connectivity index (χ3v) is 3.82. The van der Waals surface area contributed by atoms with Crippen molar-refractivity contribution in [2.75, 3.05) is 19.6 Å². The summed E-state index contributed by atoms with van der Waals surface area (Å²) in [6.45, 7) is 1.24. The van der Waals surface area contributed by atoms with Crippen molar-refractivity contribution in [1.82, 2.24) is 20.0 Å². The van der Waals surface area contributed by atoms with Crippen molar-refractivity contribution in [2.45, 2.75) is 13.0 Å². The minimum atomic E-state index is -1.04. The highest BCUT2D eigenvalue weighted by molar-refractivity contribution is 5.82. The fourth-order valence-electron chi connectivity index (χ4n) is 2.75. The highest BCUT2D eigenvalue weighted by Crippen LogP contribution is 2.21. The van der Waals surface area contributed by atoms with E-state index in [1.54, 1.807) is 0 Å². The van der Waals surface area contributed by atoms with Gasteiger partial charge < -0.3 is 10.4 Å². The van der Waals surface area contributed by atoms with Crippen LogP contribution in [0.5, 0.6) is 0 Å². The molecule has 0 spiro atoms. The van der Waals surface area contributed by atoms with Crippen molar-refractivity contribution in [2.24, 2.45) is 0 Å². The Morgan fingerprint density at radius 1 is 1.26 bits per heavy atom. The third kappa shape index (κ3) is 3.57. The standard InChI is InChI=1S/C16H18N4O3/c21-15(17-9-16(22)23)11-19-7-6-14-12(10-19)8-18-20(14)13-4-2-1-3-5-13/h1-5,8H,6-7,9-11H2,(H,17,21)(H,22,23). The molecule has 1 aliphatic rings. The minimum Gasteiger partial charge on any atom is -0.480 e. The number of aromatic nitrogens is 2. The number of benzene rings is 1. The van der Waals surface area contributed by atoms with Crippen molar-refractivity contribution in [3.05, 3.63) is 47.8 Å². The molecule has 1 amide bonds. The maximum atomic E-state index is 11.7. The Hall–Kier alpha value is -2.67.